The van der Waals surface area contributed by atoms with Crippen LogP contribution in [0.2, 0.25) is 0 Å². The SMILES string of the molecule is Cc1cccc(NC(=O)CN2CCN(Cc3cccc(C(F)(F)F)c3)CC2)c1. The number of carbonyl (C=O) groups is 1. The lowest BCUT2D eigenvalue weighted by Gasteiger charge is -2.34. The van der Waals surface area contributed by atoms with E-state index in [1.54, 1.807) is 6.07 Å². The number of rotatable bonds is 5. The maximum absolute atomic E-state index is 12.8. The zero-order valence-electron chi connectivity index (χ0n) is 15.8. The van der Waals surface area contributed by atoms with Crippen LogP contribution in [0.25, 0.3) is 0 Å². The van der Waals surface area contributed by atoms with E-state index in [1.165, 1.54) is 12.1 Å². The van der Waals surface area contributed by atoms with Gasteiger partial charge in [0.2, 0.25) is 5.91 Å². The van der Waals surface area contributed by atoms with E-state index in [0.717, 1.165) is 17.3 Å². The molecule has 0 saturated carbocycles. The molecule has 1 aliphatic rings. The number of alkyl halides is 3. The Labute approximate surface area is 162 Å². The molecule has 4 nitrogen and oxygen atoms in total. The maximum Gasteiger partial charge on any atom is 0.416 e. The monoisotopic (exact) mass is 391 g/mol. The molecule has 1 heterocycles. The largest absolute Gasteiger partial charge is 0.416 e. The van der Waals surface area contributed by atoms with Gasteiger partial charge in [-0.2, -0.15) is 13.2 Å². The Morgan fingerprint density at radius 3 is 2.36 bits per heavy atom. The van der Waals surface area contributed by atoms with Crippen molar-refractivity contribution in [2.75, 3.05) is 38.0 Å². The molecule has 1 saturated heterocycles. The number of nitrogens with one attached hydrogen (secondary N) is 1. The first-order valence-electron chi connectivity index (χ1n) is 9.27. The summed E-state index contributed by atoms with van der Waals surface area (Å²) in [6.45, 7) is 5.61. The Kier molecular flexibility index (Phi) is 6.36. The molecule has 0 radical (unpaired) electrons. The van der Waals surface area contributed by atoms with Gasteiger partial charge in [0.25, 0.3) is 0 Å². The fourth-order valence-corrected chi connectivity index (χ4v) is 3.34. The number of anilines is 1. The average molecular weight is 391 g/mol. The third-order valence-electron chi connectivity index (χ3n) is 4.79. The van der Waals surface area contributed by atoms with Crippen molar-refractivity contribution < 1.29 is 18.0 Å². The number of benzene rings is 2. The number of hydrogen-bond acceptors (Lipinski definition) is 3. The van der Waals surface area contributed by atoms with Crippen LogP contribution < -0.4 is 5.32 Å². The minimum absolute atomic E-state index is 0.0584. The molecule has 7 heteroatoms. The number of hydrogen-bond donors (Lipinski definition) is 1. The van der Waals surface area contributed by atoms with Crippen LogP contribution in [0, 0.1) is 6.92 Å². The molecule has 1 N–H and O–H groups in total. The van der Waals surface area contributed by atoms with Gasteiger partial charge in [0.05, 0.1) is 12.1 Å². The number of carbonyl (C=O) groups excluding carboxylic acids is 1. The molecule has 2 aromatic carbocycles. The van der Waals surface area contributed by atoms with Crippen molar-refractivity contribution >= 4 is 11.6 Å². The van der Waals surface area contributed by atoms with Crippen LogP contribution in [0.15, 0.2) is 48.5 Å². The minimum atomic E-state index is -4.32. The zero-order chi connectivity index (χ0) is 20.1. The maximum atomic E-state index is 12.8. The quantitative estimate of drug-likeness (QED) is 0.843. The molecular weight excluding hydrogens is 367 g/mol. The second-order valence-electron chi connectivity index (χ2n) is 7.17. The molecule has 1 amide bonds. The van der Waals surface area contributed by atoms with Crippen molar-refractivity contribution in [3.8, 4) is 0 Å². The smallest absolute Gasteiger partial charge is 0.325 e. The highest BCUT2D eigenvalue weighted by Crippen LogP contribution is 2.29. The van der Waals surface area contributed by atoms with Crippen LogP contribution in [-0.2, 0) is 17.5 Å². The van der Waals surface area contributed by atoms with E-state index < -0.39 is 11.7 Å². The molecule has 0 bridgehead atoms. The van der Waals surface area contributed by atoms with Gasteiger partial charge in [0, 0.05) is 38.4 Å². The summed E-state index contributed by atoms with van der Waals surface area (Å²) in [5, 5.41) is 2.90. The standard InChI is InChI=1S/C21H24F3N3O/c1-16-4-2-7-19(12-16)25-20(28)15-27-10-8-26(9-11-27)14-17-5-3-6-18(13-17)21(22,23)24/h2-7,12-13H,8-11,14-15H2,1H3,(H,25,28). The molecule has 28 heavy (non-hydrogen) atoms. The predicted molar refractivity (Wildman–Crippen MR) is 103 cm³/mol. The first-order chi connectivity index (χ1) is 13.3. The lowest BCUT2D eigenvalue weighted by atomic mass is 10.1. The molecule has 2 aromatic rings. The molecule has 3 rings (SSSR count). The van der Waals surface area contributed by atoms with Crippen molar-refractivity contribution in [2.24, 2.45) is 0 Å². The van der Waals surface area contributed by atoms with Crippen molar-refractivity contribution in [3.05, 3.63) is 65.2 Å². The fraction of sp³-hybridized carbons (Fsp3) is 0.381. The van der Waals surface area contributed by atoms with Crippen LogP contribution in [0.4, 0.5) is 18.9 Å². The second-order valence-corrected chi connectivity index (χ2v) is 7.17. The molecular formula is C21H24F3N3O. The van der Waals surface area contributed by atoms with Gasteiger partial charge in [0.15, 0.2) is 0 Å². The van der Waals surface area contributed by atoms with Crippen LogP contribution in [0.3, 0.4) is 0 Å². The van der Waals surface area contributed by atoms with E-state index in [1.807, 2.05) is 31.2 Å². The van der Waals surface area contributed by atoms with Crippen molar-refractivity contribution in [1.29, 1.82) is 0 Å². The lowest BCUT2D eigenvalue weighted by molar-refractivity contribution is -0.137. The molecule has 150 valence electrons. The van der Waals surface area contributed by atoms with Gasteiger partial charge in [-0.25, -0.2) is 0 Å². The summed E-state index contributed by atoms with van der Waals surface area (Å²) in [4.78, 5) is 16.4. The van der Waals surface area contributed by atoms with Gasteiger partial charge in [-0.3, -0.25) is 14.6 Å². The Bertz CT molecular complexity index is 815. The number of amides is 1. The highest BCUT2D eigenvalue weighted by atomic mass is 19.4. The molecule has 0 spiro atoms. The summed E-state index contributed by atoms with van der Waals surface area (Å²) in [7, 11) is 0. The van der Waals surface area contributed by atoms with E-state index >= 15 is 0 Å². The first-order valence-corrected chi connectivity index (χ1v) is 9.27. The van der Waals surface area contributed by atoms with E-state index in [-0.39, 0.29) is 5.91 Å². The number of aryl methyl sites for hydroxylation is 1. The molecule has 0 aliphatic carbocycles. The van der Waals surface area contributed by atoms with Gasteiger partial charge in [0.1, 0.15) is 0 Å². The summed E-state index contributed by atoms with van der Waals surface area (Å²) in [6.07, 6.45) is -4.32. The number of halogens is 3. The van der Waals surface area contributed by atoms with Crippen molar-refractivity contribution in [2.45, 2.75) is 19.6 Å². The van der Waals surface area contributed by atoms with Crippen molar-refractivity contribution in [3.63, 3.8) is 0 Å². The first kappa shape index (κ1) is 20.4. The summed E-state index contributed by atoms with van der Waals surface area (Å²) in [6, 6.07) is 13.1. The Morgan fingerprint density at radius 2 is 1.68 bits per heavy atom. The van der Waals surface area contributed by atoms with E-state index in [4.69, 9.17) is 0 Å². The molecule has 0 atom stereocenters. The van der Waals surface area contributed by atoms with Gasteiger partial charge < -0.3 is 5.32 Å². The van der Waals surface area contributed by atoms with Crippen molar-refractivity contribution in [1.82, 2.24) is 9.80 Å². The Morgan fingerprint density at radius 1 is 1.00 bits per heavy atom. The average Bonchev–Trinajstić information content (AvgIpc) is 2.63. The number of nitrogens with zero attached hydrogens (tertiary/aromatic N) is 2. The molecule has 1 aliphatic heterocycles. The second kappa shape index (κ2) is 8.75. The topological polar surface area (TPSA) is 35.6 Å². The van der Waals surface area contributed by atoms with E-state index in [2.05, 4.69) is 15.1 Å². The normalized spacial score (nSPS) is 16.1. The van der Waals surface area contributed by atoms with Gasteiger partial charge >= 0.3 is 6.18 Å². The van der Waals surface area contributed by atoms with Crippen LogP contribution in [-0.4, -0.2) is 48.4 Å². The Hall–Kier alpha value is -2.38. The summed E-state index contributed by atoms with van der Waals surface area (Å²) in [5.41, 5.74) is 1.91. The van der Waals surface area contributed by atoms with Crippen LogP contribution in [0.5, 0.6) is 0 Å². The summed E-state index contributed by atoms with van der Waals surface area (Å²) in [5.74, 6) is -0.0584. The van der Waals surface area contributed by atoms with E-state index in [0.29, 0.717) is 44.8 Å². The predicted octanol–water partition coefficient (Wildman–Crippen LogP) is 3.77. The number of piperazine rings is 1. The molecule has 0 aromatic heterocycles. The lowest BCUT2D eigenvalue weighted by Crippen LogP contribution is -2.48. The third kappa shape index (κ3) is 5.81. The summed E-state index contributed by atoms with van der Waals surface area (Å²) < 4.78 is 38.5. The van der Waals surface area contributed by atoms with Gasteiger partial charge in [-0.15, -0.1) is 0 Å². The molecule has 1 fully saturated rings. The highest BCUT2D eigenvalue weighted by Gasteiger charge is 2.30. The van der Waals surface area contributed by atoms with E-state index in [9.17, 15) is 18.0 Å². The van der Waals surface area contributed by atoms with Crippen LogP contribution in [0.1, 0.15) is 16.7 Å². The van der Waals surface area contributed by atoms with Crippen LogP contribution >= 0.6 is 0 Å². The van der Waals surface area contributed by atoms with Gasteiger partial charge in [-0.05, 0) is 36.2 Å². The van der Waals surface area contributed by atoms with Gasteiger partial charge in [-0.1, -0.05) is 30.3 Å². The minimum Gasteiger partial charge on any atom is -0.325 e. The Balaban J connectivity index is 1.46. The fourth-order valence-electron chi connectivity index (χ4n) is 3.34. The molecule has 0 unspecified atom stereocenters. The highest BCUT2D eigenvalue weighted by molar-refractivity contribution is 5.92. The zero-order valence-corrected chi connectivity index (χ0v) is 15.8. The summed E-state index contributed by atoms with van der Waals surface area (Å²) >= 11 is 0. The third-order valence-corrected chi connectivity index (χ3v) is 4.79.